The van der Waals surface area contributed by atoms with E-state index in [1.54, 1.807) is 0 Å². The summed E-state index contributed by atoms with van der Waals surface area (Å²) in [5, 5.41) is 0. The molecule has 1 rings (SSSR count). The Bertz CT molecular complexity index is 286. The van der Waals surface area contributed by atoms with Gasteiger partial charge in [0.05, 0.1) is 0 Å². The lowest BCUT2D eigenvalue weighted by Crippen LogP contribution is -2.15. The first-order valence-corrected chi connectivity index (χ1v) is 11.0. The largest absolute Gasteiger partial charge is 0.342 e. The summed E-state index contributed by atoms with van der Waals surface area (Å²) < 4.78 is 0. The van der Waals surface area contributed by atoms with Crippen LogP contribution in [0.1, 0.15) is 38.5 Å². The Morgan fingerprint density at radius 2 is 2.19 bits per heavy atom. The van der Waals surface area contributed by atoms with E-state index in [1.807, 2.05) is 0 Å². The highest BCUT2D eigenvalue weighted by Crippen LogP contribution is 2.40. The third-order valence-corrected chi connectivity index (χ3v) is 5.30. The highest BCUT2D eigenvalue weighted by atomic mass is 35.8. The van der Waals surface area contributed by atoms with E-state index >= 15 is 0 Å². The lowest BCUT2D eigenvalue weighted by Gasteiger charge is -2.16. The molecule has 0 aromatic rings. The van der Waals surface area contributed by atoms with Crippen LogP contribution in [0.15, 0.2) is 11.6 Å². The van der Waals surface area contributed by atoms with E-state index in [1.165, 1.54) is 24.8 Å². The van der Waals surface area contributed by atoms with Gasteiger partial charge in [-0.1, -0.05) is 11.6 Å². The van der Waals surface area contributed by atoms with Crippen LogP contribution < -0.4 is 0 Å². The fourth-order valence-electron chi connectivity index (χ4n) is 2.21. The van der Waals surface area contributed by atoms with Crippen molar-refractivity contribution in [1.29, 1.82) is 0 Å². The second-order valence-electron chi connectivity index (χ2n) is 4.28. The Kier molecular flexibility index (Phi) is 6.29. The van der Waals surface area contributed by atoms with Crippen LogP contribution in [0.3, 0.4) is 0 Å². The summed E-state index contributed by atoms with van der Waals surface area (Å²) in [6.07, 6.45) is 14.1. The number of unbranched alkanes of at least 4 members (excludes halogenated alkanes) is 2. The summed E-state index contributed by atoms with van der Waals surface area (Å²) in [7, 11) is 0. The molecule has 1 saturated carbocycles. The molecular formula is C12H17Cl3Si. The van der Waals surface area contributed by atoms with Gasteiger partial charge in [0.2, 0.25) is 0 Å². The Morgan fingerprint density at radius 3 is 2.81 bits per heavy atom. The average molecular weight is 296 g/mol. The number of hydrogen-bond donors (Lipinski definition) is 0. The molecule has 0 N–H and O–H groups in total. The first-order valence-electron chi connectivity index (χ1n) is 5.72. The lowest BCUT2D eigenvalue weighted by atomic mass is 10.0. The molecule has 0 amide bonds. The van der Waals surface area contributed by atoms with Gasteiger partial charge < -0.3 is 0 Å². The van der Waals surface area contributed by atoms with Crippen molar-refractivity contribution < 1.29 is 0 Å². The Morgan fingerprint density at radius 1 is 1.44 bits per heavy atom. The van der Waals surface area contributed by atoms with Gasteiger partial charge in [-0.2, -0.15) is 0 Å². The highest BCUT2D eigenvalue weighted by molar-refractivity contribution is 7.64. The lowest BCUT2D eigenvalue weighted by molar-refractivity contribution is 0.687. The number of allylic oxidation sites excluding steroid dienone is 2. The molecule has 0 radical (unpaired) electrons. The number of rotatable bonds is 5. The maximum Gasteiger partial charge on any atom is 0.342 e. The molecule has 4 heteroatoms. The van der Waals surface area contributed by atoms with Gasteiger partial charge in [0.15, 0.2) is 0 Å². The van der Waals surface area contributed by atoms with Crippen LogP contribution in [0.5, 0.6) is 0 Å². The average Bonchev–Trinajstić information content (AvgIpc) is 2.58. The van der Waals surface area contributed by atoms with Crippen LogP contribution in [0.4, 0.5) is 0 Å². The summed E-state index contributed by atoms with van der Waals surface area (Å²) >= 11 is 17.9. The van der Waals surface area contributed by atoms with Crippen LogP contribution >= 0.6 is 33.2 Å². The quantitative estimate of drug-likeness (QED) is 0.216. The van der Waals surface area contributed by atoms with Crippen LogP contribution in [-0.4, -0.2) is 6.00 Å². The van der Waals surface area contributed by atoms with Crippen molar-refractivity contribution in [3.8, 4) is 12.3 Å². The molecule has 0 saturated heterocycles. The first kappa shape index (κ1) is 14.4. The van der Waals surface area contributed by atoms with E-state index in [0.29, 0.717) is 5.92 Å². The zero-order valence-corrected chi connectivity index (χ0v) is 12.6. The number of halogens is 3. The molecule has 90 valence electrons. The van der Waals surface area contributed by atoms with E-state index in [0.717, 1.165) is 25.3 Å². The maximum atomic E-state index is 5.98. The molecule has 0 spiro atoms. The van der Waals surface area contributed by atoms with Crippen LogP contribution in [0.2, 0.25) is 6.04 Å². The molecular weight excluding hydrogens is 279 g/mol. The second kappa shape index (κ2) is 6.96. The van der Waals surface area contributed by atoms with E-state index in [-0.39, 0.29) is 0 Å². The topological polar surface area (TPSA) is 0 Å². The van der Waals surface area contributed by atoms with Gasteiger partial charge in [0, 0.05) is 6.42 Å². The van der Waals surface area contributed by atoms with Crippen molar-refractivity contribution in [2.75, 3.05) is 0 Å². The Labute approximate surface area is 113 Å². The Hall–Kier alpha value is 0.387. The van der Waals surface area contributed by atoms with Crippen molar-refractivity contribution in [3.05, 3.63) is 11.6 Å². The maximum absolute atomic E-state index is 5.98. The van der Waals surface area contributed by atoms with E-state index in [2.05, 4.69) is 12.0 Å². The van der Waals surface area contributed by atoms with Gasteiger partial charge in [0.25, 0.3) is 0 Å². The summed E-state index contributed by atoms with van der Waals surface area (Å²) in [5.41, 5.74) is 1.50. The predicted octanol–water partition coefficient (Wildman–Crippen LogP) is 5.17. The van der Waals surface area contributed by atoms with Gasteiger partial charge in [-0.05, 0) is 44.1 Å². The molecule has 0 bridgehead atoms. The molecule has 1 fully saturated rings. The highest BCUT2D eigenvalue weighted by Gasteiger charge is 2.33. The molecule has 1 atom stereocenters. The van der Waals surface area contributed by atoms with Crippen LogP contribution in [0, 0.1) is 18.3 Å². The molecule has 0 aromatic carbocycles. The zero-order chi connectivity index (χ0) is 12.0. The van der Waals surface area contributed by atoms with Gasteiger partial charge in [-0.15, -0.1) is 45.6 Å². The molecule has 1 aliphatic carbocycles. The van der Waals surface area contributed by atoms with Crippen molar-refractivity contribution >= 4 is 39.2 Å². The SMILES string of the molecule is C#CCCC/C=C1\CCCC1C[Si](Cl)(Cl)Cl. The standard InChI is InChI=1S/C12H17Cl3Si/c1-2-3-4-5-7-11-8-6-9-12(11)10-16(13,14)15/h1,7,12H,3-6,8-10H2/b11-7+. The molecule has 0 aliphatic heterocycles. The normalized spacial score (nSPS) is 23.6. The summed E-state index contributed by atoms with van der Waals surface area (Å²) in [5.74, 6) is 3.18. The number of terminal acetylenes is 1. The third-order valence-electron chi connectivity index (χ3n) is 2.95. The van der Waals surface area contributed by atoms with Gasteiger partial charge >= 0.3 is 6.00 Å². The second-order valence-corrected chi connectivity index (χ2v) is 13.5. The molecule has 1 unspecified atom stereocenters. The predicted molar refractivity (Wildman–Crippen MR) is 76.2 cm³/mol. The molecule has 1 aliphatic rings. The van der Waals surface area contributed by atoms with Gasteiger partial charge in [-0.25, -0.2) is 0 Å². The third kappa shape index (κ3) is 5.64. The van der Waals surface area contributed by atoms with E-state index in [4.69, 9.17) is 39.7 Å². The van der Waals surface area contributed by atoms with Crippen molar-refractivity contribution in [1.82, 2.24) is 0 Å². The summed E-state index contributed by atoms with van der Waals surface area (Å²) in [4.78, 5) is 0. The summed E-state index contributed by atoms with van der Waals surface area (Å²) in [6, 6.07) is -1.70. The minimum atomic E-state index is -2.47. The van der Waals surface area contributed by atoms with Gasteiger partial charge in [0.1, 0.15) is 0 Å². The molecule has 0 aromatic heterocycles. The number of hydrogen-bond acceptors (Lipinski definition) is 0. The van der Waals surface area contributed by atoms with Crippen LogP contribution in [-0.2, 0) is 0 Å². The van der Waals surface area contributed by atoms with Crippen molar-refractivity contribution in [2.45, 2.75) is 44.6 Å². The minimum absolute atomic E-state index is 0.519. The Balaban J connectivity index is 2.43. The van der Waals surface area contributed by atoms with Gasteiger partial charge in [-0.3, -0.25) is 0 Å². The molecule has 0 heterocycles. The molecule has 16 heavy (non-hydrogen) atoms. The van der Waals surface area contributed by atoms with E-state index < -0.39 is 6.00 Å². The zero-order valence-electron chi connectivity index (χ0n) is 9.32. The first-order chi connectivity index (χ1) is 7.53. The smallest absolute Gasteiger partial charge is 0.126 e. The minimum Gasteiger partial charge on any atom is -0.126 e. The van der Waals surface area contributed by atoms with E-state index in [9.17, 15) is 0 Å². The molecule has 0 nitrogen and oxygen atoms in total. The van der Waals surface area contributed by atoms with Crippen molar-refractivity contribution in [3.63, 3.8) is 0 Å². The monoisotopic (exact) mass is 294 g/mol. The van der Waals surface area contributed by atoms with Crippen LogP contribution in [0.25, 0.3) is 0 Å². The summed E-state index contributed by atoms with van der Waals surface area (Å²) in [6.45, 7) is 0. The fourth-order valence-corrected chi connectivity index (χ4v) is 4.92. The van der Waals surface area contributed by atoms with Crippen molar-refractivity contribution in [2.24, 2.45) is 5.92 Å². The fraction of sp³-hybridized carbons (Fsp3) is 0.667.